The Bertz CT molecular complexity index is 850. The molecule has 0 aliphatic rings. The Hall–Kier alpha value is -1.56. The van der Waals surface area contributed by atoms with Crippen LogP contribution in [-0.2, 0) is 12.3 Å². The summed E-state index contributed by atoms with van der Waals surface area (Å²) in [6.45, 7) is 5.22. The van der Waals surface area contributed by atoms with Crippen LogP contribution in [0.5, 0.6) is 0 Å². The second-order valence-corrected chi connectivity index (χ2v) is 7.84. The molecule has 0 saturated heterocycles. The normalized spacial score (nSPS) is 11.2. The van der Waals surface area contributed by atoms with Crippen LogP contribution >= 0.6 is 35.0 Å². The van der Waals surface area contributed by atoms with Crippen LogP contribution in [0, 0.1) is 5.92 Å². The molecule has 0 amide bonds. The summed E-state index contributed by atoms with van der Waals surface area (Å²) >= 11 is 13.7. The van der Waals surface area contributed by atoms with Crippen molar-refractivity contribution in [2.45, 2.75) is 31.3 Å². The number of halogens is 2. The van der Waals surface area contributed by atoms with Crippen LogP contribution in [0.4, 0.5) is 0 Å². The maximum Gasteiger partial charge on any atom is 0.191 e. The van der Waals surface area contributed by atoms with Crippen molar-refractivity contribution >= 4 is 35.0 Å². The van der Waals surface area contributed by atoms with Crippen LogP contribution in [0.3, 0.4) is 0 Å². The van der Waals surface area contributed by atoms with E-state index in [0.717, 1.165) is 34.4 Å². The molecule has 0 N–H and O–H groups in total. The first-order valence-corrected chi connectivity index (χ1v) is 9.69. The average molecular weight is 393 g/mol. The molecule has 0 atom stereocenters. The second kappa shape index (κ2) is 8.21. The maximum absolute atomic E-state index is 6.10. The molecule has 0 bridgehead atoms. The van der Waals surface area contributed by atoms with Crippen LogP contribution in [0.1, 0.15) is 19.4 Å². The zero-order valence-corrected chi connectivity index (χ0v) is 16.3. The van der Waals surface area contributed by atoms with Gasteiger partial charge < -0.3 is 4.57 Å². The Balaban J connectivity index is 1.85. The molecular weight excluding hydrogens is 375 g/mol. The van der Waals surface area contributed by atoms with Crippen LogP contribution < -0.4 is 0 Å². The molecule has 0 unspecified atom stereocenters. The molecule has 0 radical (unpaired) electrons. The van der Waals surface area contributed by atoms with Crippen LogP contribution in [-0.4, -0.2) is 19.7 Å². The summed E-state index contributed by atoms with van der Waals surface area (Å²) in [5.74, 6) is 2.11. The summed E-state index contributed by atoms with van der Waals surface area (Å²) in [7, 11) is 0. The van der Waals surface area contributed by atoms with Gasteiger partial charge in [-0.05, 0) is 35.7 Å². The lowest BCUT2D eigenvalue weighted by Gasteiger charge is -2.12. The minimum Gasteiger partial charge on any atom is -0.302 e. The van der Waals surface area contributed by atoms with Gasteiger partial charge in [0, 0.05) is 30.3 Å². The minimum atomic E-state index is 0.487. The van der Waals surface area contributed by atoms with Gasteiger partial charge in [0.1, 0.15) is 0 Å². The van der Waals surface area contributed by atoms with E-state index in [1.54, 1.807) is 24.2 Å². The highest BCUT2D eigenvalue weighted by Crippen LogP contribution is 2.29. The van der Waals surface area contributed by atoms with E-state index in [1.165, 1.54) is 0 Å². The van der Waals surface area contributed by atoms with Gasteiger partial charge in [0.25, 0.3) is 0 Å². The molecule has 0 saturated carbocycles. The van der Waals surface area contributed by atoms with Gasteiger partial charge in [-0.3, -0.25) is 4.98 Å². The summed E-state index contributed by atoms with van der Waals surface area (Å²) in [5, 5.41) is 10.8. The smallest absolute Gasteiger partial charge is 0.191 e. The fraction of sp³-hybridized carbons (Fsp3) is 0.278. The van der Waals surface area contributed by atoms with E-state index >= 15 is 0 Å². The maximum atomic E-state index is 6.10. The van der Waals surface area contributed by atoms with E-state index in [1.807, 2.05) is 30.3 Å². The van der Waals surface area contributed by atoms with Crippen LogP contribution in [0.2, 0.25) is 10.0 Å². The number of pyridine rings is 1. The largest absolute Gasteiger partial charge is 0.302 e. The summed E-state index contributed by atoms with van der Waals surface area (Å²) in [5.41, 5.74) is 2.12. The van der Waals surface area contributed by atoms with Gasteiger partial charge in [0.2, 0.25) is 0 Å². The molecule has 2 heterocycles. The monoisotopic (exact) mass is 392 g/mol. The highest BCUT2D eigenvalue weighted by atomic mass is 35.5. The fourth-order valence-electron chi connectivity index (χ4n) is 2.42. The Morgan fingerprint density at radius 1 is 1.04 bits per heavy atom. The van der Waals surface area contributed by atoms with Crippen molar-refractivity contribution in [3.63, 3.8) is 0 Å². The van der Waals surface area contributed by atoms with Crippen molar-refractivity contribution in [2.24, 2.45) is 5.92 Å². The predicted octanol–water partition coefficient (Wildman–Crippen LogP) is 5.60. The molecule has 7 heteroatoms. The lowest BCUT2D eigenvalue weighted by atomic mass is 10.2. The number of aromatic nitrogens is 4. The van der Waals surface area contributed by atoms with E-state index in [2.05, 4.69) is 33.6 Å². The third-order valence-corrected chi connectivity index (χ3v) is 5.33. The molecule has 0 aliphatic carbocycles. The standard InChI is InChI=1S/C18H18Cl2N4S/c1-12(2)10-24-17(14-5-7-21-8-6-14)22-23-18(24)25-11-13-3-4-15(19)16(20)9-13/h3-9,12H,10-11H2,1-2H3. The van der Waals surface area contributed by atoms with Gasteiger partial charge >= 0.3 is 0 Å². The highest BCUT2D eigenvalue weighted by Gasteiger charge is 2.15. The van der Waals surface area contributed by atoms with Gasteiger partial charge in [-0.15, -0.1) is 10.2 Å². The second-order valence-electron chi connectivity index (χ2n) is 6.08. The van der Waals surface area contributed by atoms with Crippen molar-refractivity contribution in [1.82, 2.24) is 19.7 Å². The van der Waals surface area contributed by atoms with Gasteiger partial charge in [-0.25, -0.2) is 0 Å². The van der Waals surface area contributed by atoms with Crippen molar-refractivity contribution in [2.75, 3.05) is 0 Å². The van der Waals surface area contributed by atoms with Gasteiger partial charge in [-0.1, -0.05) is 54.9 Å². The van der Waals surface area contributed by atoms with Crippen molar-refractivity contribution in [3.05, 3.63) is 58.3 Å². The molecule has 1 aromatic carbocycles. The molecule has 0 spiro atoms. The van der Waals surface area contributed by atoms with E-state index in [9.17, 15) is 0 Å². The van der Waals surface area contributed by atoms with Gasteiger partial charge in [0.05, 0.1) is 10.0 Å². The highest BCUT2D eigenvalue weighted by molar-refractivity contribution is 7.98. The Morgan fingerprint density at radius 2 is 1.80 bits per heavy atom. The zero-order valence-electron chi connectivity index (χ0n) is 14.0. The Labute approximate surface area is 161 Å². The predicted molar refractivity (Wildman–Crippen MR) is 104 cm³/mol. The number of rotatable bonds is 6. The number of thioether (sulfide) groups is 1. The van der Waals surface area contributed by atoms with Crippen molar-refractivity contribution < 1.29 is 0 Å². The fourth-order valence-corrected chi connectivity index (χ4v) is 3.63. The first-order valence-electron chi connectivity index (χ1n) is 7.95. The Kier molecular flexibility index (Phi) is 5.99. The van der Waals surface area contributed by atoms with E-state index in [-0.39, 0.29) is 0 Å². The van der Waals surface area contributed by atoms with E-state index < -0.39 is 0 Å². The van der Waals surface area contributed by atoms with Gasteiger partial charge in [0.15, 0.2) is 11.0 Å². The summed E-state index contributed by atoms with van der Waals surface area (Å²) in [4.78, 5) is 4.07. The first-order chi connectivity index (χ1) is 12.0. The van der Waals surface area contributed by atoms with Crippen molar-refractivity contribution in [1.29, 1.82) is 0 Å². The molecule has 130 valence electrons. The summed E-state index contributed by atoms with van der Waals surface area (Å²) < 4.78 is 2.17. The molecule has 25 heavy (non-hydrogen) atoms. The zero-order chi connectivity index (χ0) is 17.8. The van der Waals surface area contributed by atoms with Crippen molar-refractivity contribution in [3.8, 4) is 11.4 Å². The first kappa shape index (κ1) is 18.2. The number of nitrogens with zero attached hydrogens (tertiary/aromatic N) is 4. The molecule has 4 nitrogen and oxygen atoms in total. The summed E-state index contributed by atoms with van der Waals surface area (Å²) in [6, 6.07) is 9.60. The molecular formula is C18H18Cl2N4S. The quantitative estimate of drug-likeness (QED) is 0.512. The topological polar surface area (TPSA) is 43.6 Å². The van der Waals surface area contributed by atoms with Crippen LogP contribution in [0.25, 0.3) is 11.4 Å². The van der Waals surface area contributed by atoms with Gasteiger partial charge in [-0.2, -0.15) is 0 Å². The lowest BCUT2D eigenvalue weighted by Crippen LogP contribution is -2.07. The minimum absolute atomic E-state index is 0.487. The summed E-state index contributed by atoms with van der Waals surface area (Å²) in [6.07, 6.45) is 3.54. The van der Waals surface area contributed by atoms with E-state index in [0.29, 0.717) is 16.0 Å². The Morgan fingerprint density at radius 3 is 2.48 bits per heavy atom. The molecule has 3 aromatic rings. The molecule has 3 rings (SSSR count). The van der Waals surface area contributed by atoms with Crippen LogP contribution in [0.15, 0.2) is 47.9 Å². The third-order valence-electron chi connectivity index (χ3n) is 3.56. The lowest BCUT2D eigenvalue weighted by molar-refractivity contribution is 0.498. The SMILES string of the molecule is CC(C)Cn1c(SCc2ccc(Cl)c(Cl)c2)nnc1-c1ccncc1. The number of hydrogen-bond acceptors (Lipinski definition) is 4. The molecule has 0 fully saturated rings. The number of hydrogen-bond donors (Lipinski definition) is 0. The van der Waals surface area contributed by atoms with E-state index in [4.69, 9.17) is 23.2 Å². The molecule has 2 aromatic heterocycles. The number of benzene rings is 1. The molecule has 0 aliphatic heterocycles. The average Bonchev–Trinajstić information content (AvgIpc) is 2.99. The third kappa shape index (κ3) is 4.54.